The van der Waals surface area contributed by atoms with Crippen LogP contribution in [0.25, 0.3) is 11.3 Å². The van der Waals surface area contributed by atoms with Gasteiger partial charge in [-0.1, -0.05) is 29.8 Å². The van der Waals surface area contributed by atoms with Crippen LogP contribution in [-0.2, 0) is 6.54 Å². The molecule has 0 spiro atoms. The Labute approximate surface area is 161 Å². The Morgan fingerprint density at radius 1 is 0.963 bits per heavy atom. The van der Waals surface area contributed by atoms with Crippen LogP contribution in [0.4, 0.5) is 0 Å². The molecule has 0 aliphatic heterocycles. The van der Waals surface area contributed by atoms with Gasteiger partial charge in [0.05, 0.1) is 33.6 Å². The number of methoxy groups -OCH3 is 3. The Balaban J connectivity index is 2.06. The number of hydrogen-bond acceptors (Lipinski definition) is 5. The minimum absolute atomic E-state index is 0.217. The van der Waals surface area contributed by atoms with Crippen molar-refractivity contribution in [3.63, 3.8) is 0 Å². The second kappa shape index (κ2) is 8.14. The van der Waals surface area contributed by atoms with E-state index in [4.69, 9.17) is 25.8 Å². The molecule has 0 amide bonds. The van der Waals surface area contributed by atoms with Crippen molar-refractivity contribution in [3.05, 3.63) is 69.5 Å². The molecular weight excluding hydrogens is 368 g/mol. The molecular formula is C20H19ClN2O4. The Kier molecular flexibility index (Phi) is 5.66. The van der Waals surface area contributed by atoms with Gasteiger partial charge < -0.3 is 14.2 Å². The van der Waals surface area contributed by atoms with Crippen LogP contribution in [0, 0.1) is 0 Å². The Morgan fingerprint density at radius 2 is 1.63 bits per heavy atom. The van der Waals surface area contributed by atoms with Crippen LogP contribution in [0.1, 0.15) is 5.56 Å². The van der Waals surface area contributed by atoms with Crippen LogP contribution in [0.15, 0.2) is 53.3 Å². The summed E-state index contributed by atoms with van der Waals surface area (Å²) < 4.78 is 17.5. The van der Waals surface area contributed by atoms with Crippen molar-refractivity contribution in [1.82, 2.24) is 9.78 Å². The van der Waals surface area contributed by atoms with Gasteiger partial charge >= 0.3 is 0 Å². The molecule has 0 unspecified atom stereocenters. The van der Waals surface area contributed by atoms with Gasteiger partial charge in [-0.15, -0.1) is 0 Å². The third-order valence-corrected chi connectivity index (χ3v) is 4.47. The quantitative estimate of drug-likeness (QED) is 0.647. The molecule has 140 valence electrons. The zero-order valence-corrected chi connectivity index (χ0v) is 16.0. The minimum atomic E-state index is -0.217. The molecule has 1 aromatic heterocycles. The van der Waals surface area contributed by atoms with Gasteiger partial charge in [0.2, 0.25) is 5.75 Å². The van der Waals surface area contributed by atoms with E-state index in [0.29, 0.717) is 28.0 Å². The number of hydrogen-bond donors (Lipinski definition) is 0. The summed E-state index contributed by atoms with van der Waals surface area (Å²) in [5, 5.41) is 5.07. The first-order valence-corrected chi connectivity index (χ1v) is 8.57. The van der Waals surface area contributed by atoms with E-state index in [1.807, 2.05) is 18.2 Å². The monoisotopic (exact) mass is 386 g/mol. The van der Waals surface area contributed by atoms with Crippen LogP contribution in [0.3, 0.4) is 0 Å². The lowest BCUT2D eigenvalue weighted by molar-refractivity contribution is 0.324. The lowest BCUT2D eigenvalue weighted by Crippen LogP contribution is -2.23. The van der Waals surface area contributed by atoms with E-state index in [-0.39, 0.29) is 12.1 Å². The van der Waals surface area contributed by atoms with E-state index >= 15 is 0 Å². The second-order valence-corrected chi connectivity index (χ2v) is 6.13. The average molecular weight is 387 g/mol. The third-order valence-electron chi connectivity index (χ3n) is 4.11. The van der Waals surface area contributed by atoms with Crippen molar-refractivity contribution in [1.29, 1.82) is 0 Å². The molecule has 3 aromatic rings. The van der Waals surface area contributed by atoms with Crippen molar-refractivity contribution in [2.75, 3.05) is 21.3 Å². The van der Waals surface area contributed by atoms with Gasteiger partial charge in [0.25, 0.3) is 5.56 Å². The molecule has 0 bridgehead atoms. The van der Waals surface area contributed by atoms with Gasteiger partial charge in [0.15, 0.2) is 11.5 Å². The summed E-state index contributed by atoms with van der Waals surface area (Å²) in [7, 11) is 4.64. The maximum Gasteiger partial charge on any atom is 0.267 e. The predicted octanol–water partition coefficient (Wildman–Crippen LogP) is 3.64. The highest BCUT2D eigenvalue weighted by molar-refractivity contribution is 6.31. The largest absolute Gasteiger partial charge is 0.493 e. The van der Waals surface area contributed by atoms with Gasteiger partial charge in [-0.25, -0.2) is 4.68 Å². The van der Waals surface area contributed by atoms with E-state index in [2.05, 4.69) is 5.10 Å². The lowest BCUT2D eigenvalue weighted by Gasteiger charge is -2.14. The first-order valence-electron chi connectivity index (χ1n) is 8.19. The highest BCUT2D eigenvalue weighted by Gasteiger charge is 2.15. The van der Waals surface area contributed by atoms with Gasteiger partial charge in [0.1, 0.15) is 0 Å². The van der Waals surface area contributed by atoms with Crippen molar-refractivity contribution in [3.8, 4) is 28.5 Å². The third kappa shape index (κ3) is 3.90. The van der Waals surface area contributed by atoms with Crippen molar-refractivity contribution >= 4 is 11.6 Å². The molecule has 0 aliphatic carbocycles. The fourth-order valence-corrected chi connectivity index (χ4v) is 2.93. The van der Waals surface area contributed by atoms with Crippen LogP contribution in [0.2, 0.25) is 5.02 Å². The lowest BCUT2D eigenvalue weighted by atomic mass is 10.1. The maximum atomic E-state index is 12.3. The fraction of sp³-hybridized carbons (Fsp3) is 0.200. The number of halogens is 1. The van der Waals surface area contributed by atoms with Gasteiger partial charge in [-0.05, 0) is 29.8 Å². The summed E-state index contributed by atoms with van der Waals surface area (Å²) in [6.45, 7) is 0.275. The summed E-state index contributed by atoms with van der Waals surface area (Å²) in [6.07, 6.45) is 0. The van der Waals surface area contributed by atoms with E-state index in [1.54, 1.807) is 45.6 Å². The molecule has 0 fully saturated rings. The first kappa shape index (κ1) is 18.8. The molecule has 0 N–H and O–H groups in total. The van der Waals surface area contributed by atoms with E-state index in [9.17, 15) is 4.79 Å². The Bertz CT molecular complexity index is 992. The number of rotatable bonds is 6. The minimum Gasteiger partial charge on any atom is -0.493 e. The summed E-state index contributed by atoms with van der Waals surface area (Å²) in [5.41, 5.74) is 1.93. The topological polar surface area (TPSA) is 62.6 Å². The molecule has 2 aromatic carbocycles. The molecule has 0 radical (unpaired) electrons. The highest BCUT2D eigenvalue weighted by Crippen LogP contribution is 2.40. The second-order valence-electron chi connectivity index (χ2n) is 5.72. The fourth-order valence-electron chi connectivity index (χ4n) is 2.73. The number of aromatic nitrogens is 2. The summed E-state index contributed by atoms with van der Waals surface area (Å²) in [5.74, 6) is 1.52. The molecule has 1 heterocycles. The zero-order valence-electron chi connectivity index (χ0n) is 15.2. The summed E-state index contributed by atoms with van der Waals surface area (Å²) in [4.78, 5) is 12.3. The molecule has 7 heteroatoms. The van der Waals surface area contributed by atoms with Crippen molar-refractivity contribution in [2.45, 2.75) is 6.54 Å². The Hall–Kier alpha value is -2.99. The van der Waals surface area contributed by atoms with Crippen molar-refractivity contribution < 1.29 is 14.2 Å². The molecule has 0 aliphatic rings. The van der Waals surface area contributed by atoms with E-state index in [0.717, 1.165) is 11.1 Å². The first-order chi connectivity index (χ1) is 13.1. The molecule has 0 saturated carbocycles. The molecule has 27 heavy (non-hydrogen) atoms. The van der Waals surface area contributed by atoms with Gasteiger partial charge in [-0.3, -0.25) is 4.79 Å². The van der Waals surface area contributed by atoms with Crippen LogP contribution in [-0.4, -0.2) is 31.1 Å². The Morgan fingerprint density at radius 3 is 2.22 bits per heavy atom. The van der Waals surface area contributed by atoms with Crippen molar-refractivity contribution in [2.24, 2.45) is 0 Å². The van der Waals surface area contributed by atoms with Gasteiger partial charge in [-0.2, -0.15) is 5.10 Å². The van der Waals surface area contributed by atoms with Crippen LogP contribution >= 0.6 is 11.6 Å². The standard InChI is InChI=1S/C20H19ClN2O4/c1-25-17-10-14(11-18(26-2)20(17)27-3)16-8-9-19(24)23(22-16)12-13-6-4-5-7-15(13)21/h4-11H,12H2,1-3H3. The summed E-state index contributed by atoms with van der Waals surface area (Å²) in [6, 6.07) is 14.1. The van der Waals surface area contributed by atoms with Crippen LogP contribution in [0.5, 0.6) is 17.2 Å². The maximum absolute atomic E-state index is 12.3. The number of nitrogens with zero attached hydrogens (tertiary/aromatic N) is 2. The van der Waals surface area contributed by atoms with E-state index < -0.39 is 0 Å². The zero-order chi connectivity index (χ0) is 19.4. The smallest absolute Gasteiger partial charge is 0.267 e. The number of ether oxygens (including phenoxy) is 3. The van der Waals surface area contributed by atoms with Crippen LogP contribution < -0.4 is 19.8 Å². The average Bonchev–Trinajstić information content (AvgIpc) is 2.70. The summed E-state index contributed by atoms with van der Waals surface area (Å²) >= 11 is 6.21. The molecule has 0 saturated heterocycles. The van der Waals surface area contributed by atoms with E-state index in [1.165, 1.54) is 10.7 Å². The SMILES string of the molecule is COc1cc(-c2ccc(=O)n(Cc3ccccc3Cl)n2)cc(OC)c1OC. The highest BCUT2D eigenvalue weighted by atomic mass is 35.5. The normalized spacial score (nSPS) is 10.5. The predicted molar refractivity (Wildman–Crippen MR) is 104 cm³/mol. The number of benzene rings is 2. The van der Waals surface area contributed by atoms with Gasteiger partial charge in [0, 0.05) is 16.7 Å². The molecule has 0 atom stereocenters. The molecule has 6 nitrogen and oxygen atoms in total. The molecule has 3 rings (SSSR count).